The lowest BCUT2D eigenvalue weighted by atomic mass is 10.2. The van der Waals surface area contributed by atoms with E-state index in [4.69, 9.17) is 9.47 Å². The average molecular weight is 208 g/mol. The molecule has 82 valence electrons. The van der Waals surface area contributed by atoms with Gasteiger partial charge in [0.2, 0.25) is 0 Å². The number of rotatable bonds is 3. The molecule has 1 heterocycles. The van der Waals surface area contributed by atoms with Gasteiger partial charge in [-0.3, -0.25) is 0 Å². The normalized spacial score (nSPS) is 30.7. The molecule has 1 fully saturated rings. The van der Waals surface area contributed by atoms with Gasteiger partial charge in [-0.2, -0.15) is 0 Å². The van der Waals surface area contributed by atoms with Crippen LogP contribution in [0.4, 0.5) is 0 Å². The van der Waals surface area contributed by atoms with Gasteiger partial charge in [-0.15, -0.1) is 0 Å². The zero-order valence-electron chi connectivity index (χ0n) is 8.80. The van der Waals surface area contributed by atoms with Crippen LogP contribution >= 0.6 is 0 Å². The molecule has 0 unspecified atom stereocenters. The first-order valence-corrected chi connectivity index (χ1v) is 5.25. The number of hydrogen-bond acceptors (Lipinski definition) is 3. The van der Waals surface area contributed by atoms with Gasteiger partial charge in [0, 0.05) is 6.42 Å². The van der Waals surface area contributed by atoms with E-state index in [9.17, 15) is 5.11 Å². The van der Waals surface area contributed by atoms with Gasteiger partial charge in [0.05, 0.1) is 18.8 Å². The van der Waals surface area contributed by atoms with E-state index in [0.717, 1.165) is 5.56 Å². The molecule has 1 aliphatic rings. The summed E-state index contributed by atoms with van der Waals surface area (Å²) in [5.41, 5.74) is 1.14. The van der Waals surface area contributed by atoms with E-state index in [1.54, 1.807) is 0 Å². The molecule has 1 saturated heterocycles. The SMILES string of the molecule is C[C@H]1O[C@@H](O)C[C@@H]1OCc1ccccc1. The van der Waals surface area contributed by atoms with Crippen molar-refractivity contribution in [3.05, 3.63) is 35.9 Å². The fraction of sp³-hybridized carbons (Fsp3) is 0.500. The Labute approximate surface area is 89.6 Å². The Hall–Kier alpha value is -0.900. The van der Waals surface area contributed by atoms with Crippen molar-refractivity contribution in [2.45, 2.75) is 38.4 Å². The molecule has 15 heavy (non-hydrogen) atoms. The Morgan fingerprint density at radius 2 is 2.13 bits per heavy atom. The Bertz CT molecular complexity index is 299. The van der Waals surface area contributed by atoms with E-state index >= 15 is 0 Å². The molecule has 0 radical (unpaired) electrons. The van der Waals surface area contributed by atoms with Crippen LogP contribution in [0, 0.1) is 0 Å². The third kappa shape index (κ3) is 2.78. The summed E-state index contributed by atoms with van der Waals surface area (Å²) in [6, 6.07) is 10.0. The highest BCUT2D eigenvalue weighted by Gasteiger charge is 2.31. The predicted octanol–water partition coefficient (Wildman–Crippen LogP) is 1.70. The van der Waals surface area contributed by atoms with Gasteiger partial charge in [0.25, 0.3) is 0 Å². The van der Waals surface area contributed by atoms with Gasteiger partial charge in [0.15, 0.2) is 6.29 Å². The minimum absolute atomic E-state index is 0.000191. The van der Waals surface area contributed by atoms with Gasteiger partial charge in [-0.25, -0.2) is 0 Å². The summed E-state index contributed by atoms with van der Waals surface area (Å²) >= 11 is 0. The zero-order chi connectivity index (χ0) is 10.7. The topological polar surface area (TPSA) is 38.7 Å². The first kappa shape index (κ1) is 10.6. The number of aliphatic hydroxyl groups is 1. The highest BCUT2D eigenvalue weighted by Crippen LogP contribution is 2.22. The summed E-state index contributed by atoms with van der Waals surface area (Å²) in [4.78, 5) is 0. The van der Waals surface area contributed by atoms with E-state index in [1.165, 1.54) is 0 Å². The second kappa shape index (κ2) is 4.75. The van der Waals surface area contributed by atoms with E-state index in [2.05, 4.69) is 0 Å². The minimum Gasteiger partial charge on any atom is -0.371 e. The molecule has 2 rings (SSSR count). The van der Waals surface area contributed by atoms with Crippen LogP contribution in [0.2, 0.25) is 0 Å². The zero-order valence-corrected chi connectivity index (χ0v) is 8.80. The molecule has 1 aromatic rings. The first-order chi connectivity index (χ1) is 7.25. The largest absolute Gasteiger partial charge is 0.371 e. The Morgan fingerprint density at radius 3 is 2.73 bits per heavy atom. The van der Waals surface area contributed by atoms with Crippen molar-refractivity contribution in [3.8, 4) is 0 Å². The van der Waals surface area contributed by atoms with Gasteiger partial charge in [-0.1, -0.05) is 30.3 Å². The van der Waals surface area contributed by atoms with Crippen LogP contribution < -0.4 is 0 Å². The average Bonchev–Trinajstić information content (AvgIpc) is 2.56. The van der Waals surface area contributed by atoms with Gasteiger partial charge >= 0.3 is 0 Å². The summed E-state index contributed by atoms with van der Waals surface area (Å²) in [5.74, 6) is 0. The molecule has 0 saturated carbocycles. The molecule has 0 amide bonds. The molecular weight excluding hydrogens is 192 g/mol. The summed E-state index contributed by atoms with van der Waals surface area (Å²) in [5, 5.41) is 9.26. The van der Waals surface area contributed by atoms with Crippen LogP contribution in [0.15, 0.2) is 30.3 Å². The predicted molar refractivity (Wildman–Crippen MR) is 56.2 cm³/mol. The number of hydrogen-bond donors (Lipinski definition) is 1. The van der Waals surface area contributed by atoms with Crippen LogP contribution in [0.1, 0.15) is 18.9 Å². The van der Waals surface area contributed by atoms with E-state index in [0.29, 0.717) is 13.0 Å². The maximum atomic E-state index is 9.26. The van der Waals surface area contributed by atoms with Crippen LogP contribution in [0.3, 0.4) is 0 Å². The summed E-state index contributed by atoms with van der Waals surface area (Å²) < 4.78 is 10.9. The summed E-state index contributed by atoms with van der Waals surface area (Å²) in [6.45, 7) is 2.50. The van der Waals surface area contributed by atoms with Gasteiger partial charge in [-0.05, 0) is 12.5 Å². The fourth-order valence-electron chi connectivity index (χ4n) is 1.76. The van der Waals surface area contributed by atoms with Crippen molar-refractivity contribution in [1.29, 1.82) is 0 Å². The Kier molecular flexibility index (Phi) is 3.36. The molecule has 0 aromatic heterocycles. The van der Waals surface area contributed by atoms with Crippen LogP contribution in [-0.4, -0.2) is 23.6 Å². The van der Waals surface area contributed by atoms with E-state index in [1.807, 2.05) is 37.3 Å². The van der Waals surface area contributed by atoms with Crippen molar-refractivity contribution in [2.75, 3.05) is 0 Å². The quantitative estimate of drug-likeness (QED) is 0.821. The number of aliphatic hydroxyl groups excluding tert-OH is 1. The smallest absolute Gasteiger partial charge is 0.157 e. The highest BCUT2D eigenvalue weighted by atomic mass is 16.6. The van der Waals surface area contributed by atoms with Crippen LogP contribution in [0.25, 0.3) is 0 Å². The van der Waals surface area contributed by atoms with Crippen LogP contribution in [-0.2, 0) is 16.1 Å². The molecule has 1 aromatic carbocycles. The van der Waals surface area contributed by atoms with E-state index in [-0.39, 0.29) is 12.2 Å². The maximum Gasteiger partial charge on any atom is 0.157 e. The molecule has 0 bridgehead atoms. The molecule has 0 aliphatic carbocycles. The molecule has 1 N–H and O–H groups in total. The third-order valence-electron chi connectivity index (χ3n) is 2.64. The maximum absolute atomic E-state index is 9.26. The fourth-order valence-corrected chi connectivity index (χ4v) is 1.76. The van der Waals surface area contributed by atoms with Crippen molar-refractivity contribution < 1.29 is 14.6 Å². The Balaban J connectivity index is 1.84. The molecule has 3 heteroatoms. The van der Waals surface area contributed by atoms with Crippen molar-refractivity contribution in [1.82, 2.24) is 0 Å². The molecule has 0 spiro atoms. The van der Waals surface area contributed by atoms with E-state index < -0.39 is 6.29 Å². The van der Waals surface area contributed by atoms with Gasteiger partial charge < -0.3 is 14.6 Å². The Morgan fingerprint density at radius 1 is 1.40 bits per heavy atom. The second-order valence-corrected chi connectivity index (χ2v) is 3.87. The monoisotopic (exact) mass is 208 g/mol. The number of ether oxygens (including phenoxy) is 2. The summed E-state index contributed by atoms with van der Waals surface area (Å²) in [7, 11) is 0. The summed E-state index contributed by atoms with van der Waals surface area (Å²) in [6.07, 6.45) is -0.127. The van der Waals surface area contributed by atoms with Gasteiger partial charge in [0.1, 0.15) is 0 Å². The lowest BCUT2D eigenvalue weighted by molar-refractivity contribution is -0.0925. The lowest BCUT2D eigenvalue weighted by Crippen LogP contribution is -2.20. The minimum atomic E-state index is -0.666. The van der Waals surface area contributed by atoms with Crippen LogP contribution in [0.5, 0.6) is 0 Å². The number of benzene rings is 1. The third-order valence-corrected chi connectivity index (χ3v) is 2.64. The molecule has 3 nitrogen and oxygen atoms in total. The highest BCUT2D eigenvalue weighted by molar-refractivity contribution is 5.13. The second-order valence-electron chi connectivity index (χ2n) is 3.87. The van der Waals surface area contributed by atoms with Crippen molar-refractivity contribution in [2.24, 2.45) is 0 Å². The molecule has 1 aliphatic heterocycles. The van der Waals surface area contributed by atoms with Crippen molar-refractivity contribution >= 4 is 0 Å². The molecular formula is C12H16O3. The first-order valence-electron chi connectivity index (χ1n) is 5.25. The van der Waals surface area contributed by atoms with Crippen molar-refractivity contribution in [3.63, 3.8) is 0 Å². The standard InChI is InChI=1S/C12H16O3/c1-9-11(7-12(13)15-9)14-8-10-5-3-2-4-6-10/h2-6,9,11-13H,7-8H2,1H3/t9-,11+,12-/m1/s1. The lowest BCUT2D eigenvalue weighted by Gasteiger charge is -2.14. The molecule has 3 atom stereocenters.